The fraction of sp³-hybridized carbons (Fsp3) is 0.250. The van der Waals surface area contributed by atoms with Crippen molar-refractivity contribution in [2.75, 3.05) is 11.5 Å². The zero-order valence-electron chi connectivity index (χ0n) is 10.2. The van der Waals surface area contributed by atoms with Crippen LogP contribution in [0.3, 0.4) is 0 Å². The number of benzene rings is 2. The minimum atomic E-state index is 0.225. The van der Waals surface area contributed by atoms with E-state index >= 15 is 0 Å². The van der Waals surface area contributed by atoms with Crippen LogP contribution in [0.1, 0.15) is 11.1 Å². The van der Waals surface area contributed by atoms with Gasteiger partial charge in [0.25, 0.3) is 0 Å². The van der Waals surface area contributed by atoms with Gasteiger partial charge in [-0.05, 0) is 11.1 Å². The summed E-state index contributed by atoms with van der Waals surface area (Å²) in [5, 5.41) is 0. The fourth-order valence-corrected chi connectivity index (χ4v) is 5.68. The van der Waals surface area contributed by atoms with Crippen LogP contribution in [0.5, 0.6) is 0 Å². The van der Waals surface area contributed by atoms with Gasteiger partial charge in [-0.3, -0.25) is 0 Å². The molecular weight excluding hydrogens is 256 g/mol. The van der Waals surface area contributed by atoms with Gasteiger partial charge < -0.3 is 0 Å². The van der Waals surface area contributed by atoms with Crippen LogP contribution in [-0.4, -0.2) is 11.5 Å². The summed E-state index contributed by atoms with van der Waals surface area (Å²) in [6, 6.07) is 21.8. The lowest BCUT2D eigenvalue weighted by molar-refractivity contribution is 0.873. The molecule has 1 aliphatic rings. The van der Waals surface area contributed by atoms with E-state index in [0.717, 1.165) is 6.42 Å². The molecule has 92 valence electrons. The lowest BCUT2D eigenvalue weighted by Crippen LogP contribution is -2.17. The average molecular weight is 272 g/mol. The van der Waals surface area contributed by atoms with Crippen molar-refractivity contribution >= 4 is 23.5 Å². The Morgan fingerprint density at radius 1 is 0.778 bits per heavy atom. The smallest absolute Gasteiger partial charge is 0.0900 e. The van der Waals surface area contributed by atoms with E-state index in [4.69, 9.17) is 0 Å². The van der Waals surface area contributed by atoms with Gasteiger partial charge in [0.2, 0.25) is 0 Å². The zero-order chi connectivity index (χ0) is 12.3. The van der Waals surface area contributed by atoms with Gasteiger partial charge in [0, 0.05) is 17.9 Å². The SMILES string of the molecule is c1ccc(CC2(c3ccccc3)SCCS2)cc1. The molecule has 0 saturated carbocycles. The molecular formula is C16H16S2. The van der Waals surface area contributed by atoms with E-state index in [1.165, 1.54) is 22.6 Å². The van der Waals surface area contributed by atoms with Gasteiger partial charge in [-0.2, -0.15) is 0 Å². The highest BCUT2D eigenvalue weighted by Gasteiger charge is 2.37. The van der Waals surface area contributed by atoms with Crippen LogP contribution in [0.25, 0.3) is 0 Å². The Labute approximate surface area is 117 Å². The Bertz CT molecular complexity index is 487. The van der Waals surface area contributed by atoms with Gasteiger partial charge in [-0.25, -0.2) is 0 Å². The number of thioether (sulfide) groups is 2. The van der Waals surface area contributed by atoms with E-state index in [0.29, 0.717) is 0 Å². The lowest BCUT2D eigenvalue weighted by atomic mass is 10.0. The molecule has 1 fully saturated rings. The Morgan fingerprint density at radius 3 is 1.94 bits per heavy atom. The van der Waals surface area contributed by atoms with Crippen LogP contribution >= 0.6 is 23.5 Å². The van der Waals surface area contributed by atoms with Crippen LogP contribution in [0.4, 0.5) is 0 Å². The molecule has 0 aromatic heterocycles. The number of rotatable bonds is 3. The molecule has 18 heavy (non-hydrogen) atoms. The molecule has 2 heteroatoms. The van der Waals surface area contributed by atoms with Crippen LogP contribution in [0.15, 0.2) is 60.7 Å². The van der Waals surface area contributed by atoms with Crippen molar-refractivity contribution < 1.29 is 0 Å². The Morgan fingerprint density at radius 2 is 1.33 bits per heavy atom. The normalized spacial score (nSPS) is 17.8. The topological polar surface area (TPSA) is 0 Å². The van der Waals surface area contributed by atoms with Gasteiger partial charge in [0.15, 0.2) is 0 Å². The summed E-state index contributed by atoms with van der Waals surface area (Å²) in [6.07, 6.45) is 1.12. The van der Waals surface area contributed by atoms with E-state index < -0.39 is 0 Å². The molecule has 0 amide bonds. The van der Waals surface area contributed by atoms with E-state index in [9.17, 15) is 0 Å². The molecule has 0 spiro atoms. The lowest BCUT2D eigenvalue weighted by Gasteiger charge is -2.28. The fourth-order valence-electron chi connectivity index (χ4n) is 2.38. The highest BCUT2D eigenvalue weighted by molar-refractivity contribution is 8.20. The largest absolute Gasteiger partial charge is 0.138 e. The summed E-state index contributed by atoms with van der Waals surface area (Å²) in [7, 11) is 0. The predicted molar refractivity (Wildman–Crippen MR) is 83.2 cm³/mol. The van der Waals surface area contributed by atoms with Gasteiger partial charge in [0.1, 0.15) is 0 Å². The van der Waals surface area contributed by atoms with Crippen molar-refractivity contribution in [3.05, 3.63) is 71.8 Å². The molecule has 1 heterocycles. The standard InChI is InChI=1S/C16H16S2/c1-3-7-14(8-4-1)13-16(17-11-12-18-16)15-9-5-2-6-10-15/h1-10H,11-13H2. The molecule has 0 aliphatic carbocycles. The maximum absolute atomic E-state index is 2.27. The Balaban J connectivity index is 1.93. The second kappa shape index (κ2) is 5.41. The first kappa shape index (κ1) is 12.2. The Kier molecular flexibility index (Phi) is 3.67. The third-order valence-corrected chi connectivity index (χ3v) is 6.72. The maximum atomic E-state index is 2.27. The van der Waals surface area contributed by atoms with E-state index in [1.807, 2.05) is 0 Å². The molecule has 0 bridgehead atoms. The average Bonchev–Trinajstić information content (AvgIpc) is 2.91. The van der Waals surface area contributed by atoms with Gasteiger partial charge in [-0.1, -0.05) is 60.7 Å². The van der Waals surface area contributed by atoms with Crippen molar-refractivity contribution in [3.63, 3.8) is 0 Å². The molecule has 0 atom stereocenters. The third-order valence-electron chi connectivity index (χ3n) is 3.25. The quantitative estimate of drug-likeness (QED) is 0.803. The van der Waals surface area contributed by atoms with Crippen LogP contribution in [0, 0.1) is 0 Å². The highest BCUT2D eigenvalue weighted by atomic mass is 32.2. The summed E-state index contributed by atoms with van der Waals surface area (Å²) < 4.78 is 0.225. The summed E-state index contributed by atoms with van der Waals surface area (Å²) in [6.45, 7) is 0. The second-order valence-electron chi connectivity index (χ2n) is 4.48. The van der Waals surface area contributed by atoms with Crippen molar-refractivity contribution in [1.29, 1.82) is 0 Å². The first-order valence-corrected chi connectivity index (χ1v) is 8.24. The molecule has 1 saturated heterocycles. The monoisotopic (exact) mass is 272 g/mol. The Hall–Kier alpha value is -0.860. The van der Waals surface area contributed by atoms with Crippen LogP contribution in [-0.2, 0) is 10.5 Å². The highest BCUT2D eigenvalue weighted by Crippen LogP contribution is 2.53. The first-order valence-electron chi connectivity index (χ1n) is 6.26. The molecule has 1 aliphatic heterocycles. The number of hydrogen-bond acceptors (Lipinski definition) is 2. The van der Waals surface area contributed by atoms with Gasteiger partial charge in [-0.15, -0.1) is 23.5 Å². The maximum Gasteiger partial charge on any atom is 0.0900 e. The van der Waals surface area contributed by atoms with Gasteiger partial charge >= 0.3 is 0 Å². The summed E-state index contributed by atoms with van der Waals surface area (Å²) in [5.41, 5.74) is 2.89. The third kappa shape index (κ3) is 2.45. The van der Waals surface area contributed by atoms with Crippen molar-refractivity contribution in [3.8, 4) is 0 Å². The molecule has 0 unspecified atom stereocenters. The molecule has 0 nitrogen and oxygen atoms in total. The van der Waals surface area contributed by atoms with E-state index in [-0.39, 0.29) is 4.08 Å². The molecule has 0 radical (unpaired) electrons. The van der Waals surface area contributed by atoms with Crippen LogP contribution < -0.4 is 0 Å². The minimum Gasteiger partial charge on any atom is -0.138 e. The molecule has 2 aromatic rings. The minimum absolute atomic E-state index is 0.225. The summed E-state index contributed by atoms with van der Waals surface area (Å²) >= 11 is 4.20. The first-order chi connectivity index (χ1) is 8.89. The summed E-state index contributed by atoms with van der Waals surface area (Å²) in [5.74, 6) is 2.51. The van der Waals surface area contributed by atoms with Crippen molar-refractivity contribution in [2.24, 2.45) is 0 Å². The zero-order valence-corrected chi connectivity index (χ0v) is 11.8. The molecule has 0 N–H and O–H groups in total. The number of hydrogen-bond donors (Lipinski definition) is 0. The van der Waals surface area contributed by atoms with E-state index in [1.54, 1.807) is 0 Å². The van der Waals surface area contributed by atoms with Crippen molar-refractivity contribution in [1.82, 2.24) is 0 Å². The second-order valence-corrected chi connectivity index (χ2v) is 7.52. The summed E-state index contributed by atoms with van der Waals surface area (Å²) in [4.78, 5) is 0. The van der Waals surface area contributed by atoms with Gasteiger partial charge in [0.05, 0.1) is 4.08 Å². The molecule has 3 rings (SSSR count). The van der Waals surface area contributed by atoms with Crippen LogP contribution in [0.2, 0.25) is 0 Å². The van der Waals surface area contributed by atoms with Crippen molar-refractivity contribution in [2.45, 2.75) is 10.5 Å². The molecule has 2 aromatic carbocycles. The van der Waals surface area contributed by atoms with E-state index in [2.05, 4.69) is 84.2 Å². The predicted octanol–water partition coefficient (Wildman–Crippen LogP) is 4.56.